The van der Waals surface area contributed by atoms with Crippen LogP contribution in [0.25, 0.3) is 0 Å². The number of piperidine rings is 1. The lowest BCUT2D eigenvalue weighted by Crippen LogP contribution is -2.64. The van der Waals surface area contributed by atoms with Gasteiger partial charge in [0.25, 0.3) is 0 Å². The molecule has 0 saturated carbocycles. The van der Waals surface area contributed by atoms with Crippen molar-refractivity contribution in [3.05, 3.63) is 35.4 Å². The van der Waals surface area contributed by atoms with Gasteiger partial charge in [-0.25, -0.2) is 0 Å². The van der Waals surface area contributed by atoms with E-state index in [2.05, 4.69) is 37.1 Å². The van der Waals surface area contributed by atoms with Crippen LogP contribution in [-0.4, -0.2) is 48.5 Å². The molecule has 4 nitrogen and oxygen atoms in total. The van der Waals surface area contributed by atoms with E-state index in [4.69, 9.17) is 9.47 Å². The molecular formula is C24H33NO3. The largest absolute Gasteiger partial charge is 0.490 e. The molecule has 1 aromatic rings. The van der Waals surface area contributed by atoms with Gasteiger partial charge in [0.2, 0.25) is 0 Å². The molecule has 152 valence electrons. The Kier molecular flexibility index (Phi) is 4.67. The number of nitrogens with zero attached hydrogens (tertiary/aromatic N) is 1. The molecule has 28 heavy (non-hydrogen) atoms. The Labute approximate surface area is 168 Å². The number of ether oxygens (including phenoxy) is 2. The molecule has 1 spiro atoms. The van der Waals surface area contributed by atoms with Crippen LogP contribution in [-0.2, 0) is 11.8 Å². The first-order valence-electron chi connectivity index (χ1n) is 11.2. The first-order valence-corrected chi connectivity index (χ1v) is 11.2. The zero-order chi connectivity index (χ0) is 19.3. The maximum atomic E-state index is 10.8. The van der Waals surface area contributed by atoms with E-state index in [0.717, 1.165) is 43.9 Å². The van der Waals surface area contributed by atoms with Gasteiger partial charge < -0.3 is 19.5 Å². The summed E-state index contributed by atoms with van der Waals surface area (Å²) >= 11 is 0. The molecule has 2 aliphatic carbocycles. The Morgan fingerprint density at radius 2 is 2.07 bits per heavy atom. The fourth-order valence-corrected chi connectivity index (χ4v) is 6.23. The van der Waals surface area contributed by atoms with Crippen LogP contribution in [0.1, 0.15) is 56.6 Å². The van der Waals surface area contributed by atoms with Gasteiger partial charge in [0, 0.05) is 22.9 Å². The standard InChI is InChI=1S/C24H33NO3/c1-3-4-5-6-7-14-27-20-11-8-16-15-18-17-9-10-19(26)23-24(17,12-13-25(18)2)21(16)22(20)28-23/h8-11,17-19,23,26H,3-7,12-15H2,1-2H3. The summed E-state index contributed by atoms with van der Waals surface area (Å²) in [6.07, 6.45) is 11.8. The van der Waals surface area contributed by atoms with Gasteiger partial charge in [-0.2, -0.15) is 0 Å². The van der Waals surface area contributed by atoms with E-state index < -0.39 is 6.10 Å². The lowest BCUT2D eigenvalue weighted by molar-refractivity contribution is -0.0454. The zero-order valence-corrected chi connectivity index (χ0v) is 17.2. The second kappa shape index (κ2) is 7.07. The summed E-state index contributed by atoms with van der Waals surface area (Å²) in [5.41, 5.74) is 2.65. The molecule has 4 heteroatoms. The number of rotatable bonds is 7. The highest BCUT2D eigenvalue weighted by atomic mass is 16.5. The summed E-state index contributed by atoms with van der Waals surface area (Å²) in [6, 6.07) is 4.85. The Hall–Kier alpha value is -1.52. The van der Waals surface area contributed by atoms with Crippen molar-refractivity contribution >= 4 is 0 Å². The van der Waals surface area contributed by atoms with Crippen LogP contribution < -0.4 is 9.47 Å². The molecular weight excluding hydrogens is 350 g/mol. The van der Waals surface area contributed by atoms with Crippen molar-refractivity contribution < 1.29 is 14.6 Å². The minimum absolute atomic E-state index is 0.0885. The van der Waals surface area contributed by atoms with Gasteiger partial charge in [0.05, 0.1) is 6.61 Å². The van der Waals surface area contributed by atoms with Crippen LogP contribution in [0.2, 0.25) is 0 Å². The number of likely N-dealkylation sites (N-methyl/N-ethyl adjacent to an activating group) is 1. The molecule has 2 heterocycles. The predicted molar refractivity (Wildman–Crippen MR) is 110 cm³/mol. The number of hydrogen-bond donors (Lipinski definition) is 1. The predicted octanol–water partition coefficient (Wildman–Crippen LogP) is 3.84. The van der Waals surface area contributed by atoms with Crippen molar-refractivity contribution in [2.45, 2.75) is 75.5 Å². The first kappa shape index (κ1) is 18.5. The van der Waals surface area contributed by atoms with Crippen LogP contribution >= 0.6 is 0 Å². The molecule has 4 aliphatic rings. The van der Waals surface area contributed by atoms with Gasteiger partial charge in [-0.1, -0.05) is 50.8 Å². The Balaban J connectivity index is 1.45. The number of likely N-dealkylation sites (tertiary alicyclic amines) is 1. The summed E-state index contributed by atoms with van der Waals surface area (Å²) in [6.45, 7) is 4.04. The Bertz CT molecular complexity index is 775. The molecule has 5 rings (SSSR count). The van der Waals surface area contributed by atoms with E-state index in [1.807, 2.05) is 6.08 Å². The van der Waals surface area contributed by atoms with Gasteiger partial charge in [-0.3, -0.25) is 0 Å². The van der Waals surface area contributed by atoms with Gasteiger partial charge in [0.1, 0.15) is 12.2 Å². The van der Waals surface area contributed by atoms with Crippen LogP contribution in [0.5, 0.6) is 11.5 Å². The quantitative estimate of drug-likeness (QED) is 0.574. The number of aliphatic hydroxyl groups excluding tert-OH is 1. The molecule has 5 unspecified atom stereocenters. The van der Waals surface area contributed by atoms with E-state index in [1.54, 1.807) is 0 Å². The lowest BCUT2D eigenvalue weighted by Gasteiger charge is -2.56. The topological polar surface area (TPSA) is 41.9 Å². The molecule has 2 bridgehead atoms. The smallest absolute Gasteiger partial charge is 0.165 e. The molecule has 1 fully saturated rings. The summed E-state index contributed by atoms with van der Waals surface area (Å²) in [4.78, 5) is 2.50. The van der Waals surface area contributed by atoms with E-state index in [0.29, 0.717) is 12.0 Å². The number of hydrogen-bond acceptors (Lipinski definition) is 4. The Morgan fingerprint density at radius 3 is 2.93 bits per heavy atom. The number of unbranched alkanes of at least 4 members (excludes halogenated alkanes) is 4. The zero-order valence-electron chi connectivity index (χ0n) is 17.2. The summed E-state index contributed by atoms with van der Waals surface area (Å²) in [5.74, 6) is 2.21. The maximum Gasteiger partial charge on any atom is 0.165 e. The summed E-state index contributed by atoms with van der Waals surface area (Å²) in [7, 11) is 2.24. The molecule has 1 N–H and O–H groups in total. The third kappa shape index (κ3) is 2.57. The van der Waals surface area contributed by atoms with Gasteiger partial charge in [0.15, 0.2) is 11.5 Å². The second-order valence-electron chi connectivity index (χ2n) is 9.17. The van der Waals surface area contributed by atoms with Crippen molar-refractivity contribution in [1.82, 2.24) is 4.90 Å². The fraction of sp³-hybridized carbons (Fsp3) is 0.667. The van der Waals surface area contributed by atoms with E-state index in [9.17, 15) is 5.11 Å². The van der Waals surface area contributed by atoms with E-state index >= 15 is 0 Å². The lowest BCUT2D eigenvalue weighted by atomic mass is 9.53. The van der Waals surface area contributed by atoms with Crippen molar-refractivity contribution in [2.24, 2.45) is 5.92 Å². The highest BCUT2D eigenvalue weighted by Crippen LogP contribution is 2.62. The normalized spacial score (nSPS) is 34.8. The molecule has 0 amide bonds. The highest BCUT2D eigenvalue weighted by molar-refractivity contribution is 5.62. The van der Waals surface area contributed by atoms with Crippen molar-refractivity contribution in [3.8, 4) is 11.5 Å². The third-order valence-corrected chi connectivity index (χ3v) is 7.64. The number of benzene rings is 1. The maximum absolute atomic E-state index is 10.8. The van der Waals surface area contributed by atoms with Crippen molar-refractivity contribution in [1.29, 1.82) is 0 Å². The molecule has 0 radical (unpaired) electrons. The highest BCUT2D eigenvalue weighted by Gasteiger charge is 2.64. The van der Waals surface area contributed by atoms with Gasteiger partial charge in [-0.15, -0.1) is 0 Å². The minimum Gasteiger partial charge on any atom is -0.490 e. The summed E-state index contributed by atoms with van der Waals surface area (Å²) in [5, 5.41) is 10.8. The van der Waals surface area contributed by atoms with Crippen LogP contribution in [0.4, 0.5) is 0 Å². The molecule has 0 aromatic heterocycles. The van der Waals surface area contributed by atoms with Gasteiger partial charge in [-0.05, 0) is 44.5 Å². The first-order chi connectivity index (χ1) is 13.7. The minimum atomic E-state index is -0.541. The second-order valence-corrected chi connectivity index (χ2v) is 9.17. The molecule has 1 saturated heterocycles. The summed E-state index contributed by atoms with van der Waals surface area (Å²) < 4.78 is 12.7. The van der Waals surface area contributed by atoms with E-state index in [1.165, 1.54) is 36.8 Å². The average molecular weight is 384 g/mol. The molecule has 2 aliphatic heterocycles. The third-order valence-electron chi connectivity index (χ3n) is 7.64. The van der Waals surface area contributed by atoms with E-state index in [-0.39, 0.29) is 11.5 Å². The average Bonchev–Trinajstić information content (AvgIpc) is 3.05. The van der Waals surface area contributed by atoms with Crippen LogP contribution in [0.15, 0.2) is 24.3 Å². The molecule has 5 atom stereocenters. The fourth-order valence-electron chi connectivity index (χ4n) is 6.23. The number of aliphatic hydroxyl groups is 1. The Morgan fingerprint density at radius 1 is 1.21 bits per heavy atom. The van der Waals surface area contributed by atoms with Crippen LogP contribution in [0.3, 0.4) is 0 Å². The molecule has 1 aromatic carbocycles. The monoisotopic (exact) mass is 383 g/mol. The van der Waals surface area contributed by atoms with Crippen molar-refractivity contribution in [3.63, 3.8) is 0 Å². The SMILES string of the molecule is CCCCCCCOc1ccc2c3c1OC1C(O)C=CC4C(C2)N(C)CCC341. The van der Waals surface area contributed by atoms with Gasteiger partial charge >= 0.3 is 0 Å². The van der Waals surface area contributed by atoms with Crippen molar-refractivity contribution in [2.75, 3.05) is 20.2 Å². The van der Waals surface area contributed by atoms with Crippen LogP contribution in [0, 0.1) is 5.92 Å².